The van der Waals surface area contributed by atoms with Crippen molar-refractivity contribution in [1.29, 1.82) is 0 Å². The van der Waals surface area contributed by atoms with Gasteiger partial charge in [-0.25, -0.2) is 14.6 Å². The van der Waals surface area contributed by atoms with Gasteiger partial charge in [0.25, 0.3) is 0 Å². The summed E-state index contributed by atoms with van der Waals surface area (Å²) in [5.74, 6) is -4.46. The highest BCUT2D eigenvalue weighted by Gasteiger charge is 2.53. The number of aliphatic hydroxyl groups excluding tert-OH is 1. The summed E-state index contributed by atoms with van der Waals surface area (Å²) in [5.41, 5.74) is 2.65. The van der Waals surface area contributed by atoms with Crippen molar-refractivity contribution in [1.82, 2.24) is 15.2 Å². The first-order valence-electron chi connectivity index (χ1n) is 12.7. The van der Waals surface area contributed by atoms with Crippen molar-refractivity contribution in [3.05, 3.63) is 59.8 Å². The molecule has 5 rings (SSSR count). The molecule has 0 unspecified atom stereocenters. The van der Waals surface area contributed by atoms with Gasteiger partial charge in [0.1, 0.15) is 5.82 Å². The highest BCUT2D eigenvalue weighted by Crippen LogP contribution is 2.52. The van der Waals surface area contributed by atoms with Crippen LogP contribution in [0.15, 0.2) is 48.7 Å². The summed E-state index contributed by atoms with van der Waals surface area (Å²) in [5, 5.41) is 29.2. The second kappa shape index (κ2) is 13.0. The van der Waals surface area contributed by atoms with Crippen LogP contribution in [0, 0.1) is 0 Å². The lowest BCUT2D eigenvalue weighted by Gasteiger charge is -2.43. The molecule has 4 N–H and O–H groups in total. The molecular weight excluding hydrogens is 562 g/mol. The van der Waals surface area contributed by atoms with Crippen LogP contribution in [0.25, 0.3) is 0 Å². The quantitative estimate of drug-likeness (QED) is 0.389. The minimum Gasteiger partial charge on any atom is -0.475 e. The number of carboxylic acids is 2. The number of hydrogen-bond acceptors (Lipinski definition) is 7. The Kier molecular flexibility index (Phi) is 10.2. The van der Waals surface area contributed by atoms with E-state index >= 15 is 0 Å². The Morgan fingerprint density at radius 1 is 0.854 bits per heavy atom. The van der Waals surface area contributed by atoms with Gasteiger partial charge in [-0.1, -0.05) is 30.3 Å². The smallest absolute Gasteiger partial charge is 0.475 e. The van der Waals surface area contributed by atoms with Gasteiger partial charge in [0.2, 0.25) is 0 Å². The lowest BCUT2D eigenvalue weighted by molar-refractivity contribution is -0.193. The number of aliphatic carboxylic acids is 2. The second-order valence-electron chi connectivity index (χ2n) is 9.70. The summed E-state index contributed by atoms with van der Waals surface area (Å²) in [6, 6.07) is 15.0. The average Bonchev–Trinajstić information content (AvgIpc) is 3.16. The lowest BCUT2D eigenvalue weighted by atomic mass is 9.72. The number of piperidine rings is 1. The second-order valence-corrected chi connectivity index (χ2v) is 9.70. The van der Waals surface area contributed by atoms with Crippen LogP contribution < -0.4 is 10.2 Å². The highest BCUT2D eigenvalue weighted by molar-refractivity contribution is 5.73. The number of anilines is 1. The number of fused-ring (bicyclic) bond motifs is 2. The van der Waals surface area contributed by atoms with Crippen LogP contribution >= 0.6 is 0 Å². The molecule has 3 heterocycles. The molecule has 15 heteroatoms. The van der Waals surface area contributed by atoms with Gasteiger partial charge in [0.05, 0.1) is 12.1 Å². The van der Waals surface area contributed by atoms with Crippen molar-refractivity contribution in [3.8, 4) is 0 Å². The minimum atomic E-state index is -5.08. The predicted octanol–water partition coefficient (Wildman–Crippen LogP) is 3.21. The molecule has 1 aliphatic carbocycles. The van der Waals surface area contributed by atoms with Crippen molar-refractivity contribution in [2.75, 3.05) is 44.2 Å². The van der Waals surface area contributed by atoms with Gasteiger partial charge < -0.3 is 25.5 Å². The van der Waals surface area contributed by atoms with E-state index in [0.29, 0.717) is 0 Å². The normalized spacial score (nSPS) is 22.1. The van der Waals surface area contributed by atoms with Crippen molar-refractivity contribution < 1.29 is 51.3 Å². The zero-order chi connectivity index (χ0) is 30.4. The van der Waals surface area contributed by atoms with Crippen LogP contribution in [0.5, 0.6) is 0 Å². The molecule has 0 bridgehead atoms. The number of carboxylic acid groups (broad SMARTS) is 2. The fraction of sp³-hybridized carbons (Fsp3) is 0.500. The monoisotopic (exact) mass is 592 g/mol. The lowest BCUT2D eigenvalue weighted by Crippen LogP contribution is -2.53. The molecule has 1 spiro atoms. The van der Waals surface area contributed by atoms with Crippen LogP contribution in [-0.2, 0) is 15.0 Å². The van der Waals surface area contributed by atoms with Gasteiger partial charge >= 0.3 is 24.3 Å². The molecule has 2 saturated heterocycles. The Hall–Kier alpha value is -3.43. The molecule has 2 aromatic rings. The number of aliphatic hydroxyl groups is 1. The Labute approximate surface area is 231 Å². The first-order chi connectivity index (χ1) is 19.2. The third kappa shape index (κ3) is 7.65. The van der Waals surface area contributed by atoms with Crippen molar-refractivity contribution in [3.63, 3.8) is 0 Å². The fourth-order valence-electron chi connectivity index (χ4n) is 5.44. The van der Waals surface area contributed by atoms with Crippen molar-refractivity contribution in [2.24, 2.45) is 0 Å². The van der Waals surface area contributed by atoms with Gasteiger partial charge in [0, 0.05) is 37.8 Å². The van der Waals surface area contributed by atoms with Crippen LogP contribution in [0.4, 0.5) is 32.2 Å². The number of halogens is 6. The number of pyridine rings is 1. The first-order valence-corrected chi connectivity index (χ1v) is 12.7. The van der Waals surface area contributed by atoms with E-state index in [1.165, 1.54) is 11.1 Å². The van der Waals surface area contributed by atoms with E-state index in [9.17, 15) is 31.4 Å². The van der Waals surface area contributed by atoms with Gasteiger partial charge in [-0.15, -0.1) is 0 Å². The molecule has 0 saturated carbocycles. The third-order valence-corrected chi connectivity index (χ3v) is 7.34. The average molecular weight is 593 g/mol. The number of nitrogens with zero attached hydrogens (tertiary/aromatic N) is 3. The molecule has 9 nitrogen and oxygen atoms in total. The van der Waals surface area contributed by atoms with Gasteiger partial charge in [-0.05, 0) is 49.2 Å². The molecule has 0 amide bonds. The van der Waals surface area contributed by atoms with E-state index in [4.69, 9.17) is 19.8 Å². The largest absolute Gasteiger partial charge is 0.490 e. The van der Waals surface area contributed by atoms with Crippen LogP contribution in [0.1, 0.15) is 30.0 Å². The number of alkyl halides is 6. The number of benzene rings is 1. The van der Waals surface area contributed by atoms with Crippen molar-refractivity contribution >= 4 is 17.8 Å². The third-order valence-electron chi connectivity index (χ3n) is 7.34. The van der Waals surface area contributed by atoms with Crippen LogP contribution in [-0.4, -0.2) is 94.9 Å². The van der Waals surface area contributed by atoms with Crippen LogP contribution in [0.3, 0.4) is 0 Å². The number of piperazine rings is 1. The summed E-state index contributed by atoms with van der Waals surface area (Å²) in [6.07, 6.45) is -6.58. The zero-order valence-electron chi connectivity index (χ0n) is 21.7. The maximum absolute atomic E-state index is 11.5. The number of nitrogens with one attached hydrogen (secondary N) is 1. The van der Waals surface area contributed by atoms with Gasteiger partial charge in [-0.2, -0.15) is 26.3 Å². The molecule has 2 fully saturated rings. The number of carbonyl (C=O) groups is 2. The Morgan fingerprint density at radius 3 is 1.85 bits per heavy atom. The summed E-state index contributed by atoms with van der Waals surface area (Å²) in [6.45, 7) is 5.81. The van der Waals surface area contributed by atoms with Gasteiger partial charge in [0.15, 0.2) is 0 Å². The van der Waals surface area contributed by atoms with E-state index in [-0.39, 0.29) is 17.6 Å². The van der Waals surface area contributed by atoms with Crippen molar-refractivity contribution in [2.45, 2.75) is 42.8 Å². The SMILES string of the molecule is O=C(O)C(F)(F)F.O=C(O)C(F)(F)F.O[C@H]1[C@H](N2CCN(c3ccccn3)CC2)c2ccccc2C12CCNCC2. The number of hydrogen-bond donors (Lipinski definition) is 4. The molecule has 3 aliphatic rings. The molecule has 1 aromatic carbocycles. The Morgan fingerprint density at radius 2 is 1.37 bits per heavy atom. The molecule has 2 aliphatic heterocycles. The minimum absolute atomic E-state index is 0.0787. The van der Waals surface area contributed by atoms with E-state index in [2.05, 4.69) is 50.4 Å². The maximum Gasteiger partial charge on any atom is 0.490 e. The molecule has 226 valence electrons. The van der Waals surface area contributed by atoms with E-state index in [1.807, 2.05) is 18.3 Å². The summed E-state index contributed by atoms with van der Waals surface area (Å²) >= 11 is 0. The Bertz CT molecular complexity index is 1140. The number of rotatable bonds is 2. The topological polar surface area (TPSA) is 126 Å². The van der Waals surface area contributed by atoms with Crippen LogP contribution in [0.2, 0.25) is 0 Å². The Balaban J connectivity index is 0.000000276. The fourth-order valence-corrected chi connectivity index (χ4v) is 5.44. The van der Waals surface area contributed by atoms with E-state index in [0.717, 1.165) is 57.9 Å². The van der Waals surface area contributed by atoms with E-state index in [1.54, 1.807) is 0 Å². The summed E-state index contributed by atoms with van der Waals surface area (Å²) < 4.78 is 63.5. The maximum atomic E-state index is 11.5. The molecule has 41 heavy (non-hydrogen) atoms. The summed E-state index contributed by atoms with van der Waals surface area (Å²) in [4.78, 5) is 27.1. The predicted molar refractivity (Wildman–Crippen MR) is 134 cm³/mol. The molecular formula is C26H30F6N4O5. The van der Waals surface area contributed by atoms with Gasteiger partial charge in [-0.3, -0.25) is 4.90 Å². The summed E-state index contributed by atoms with van der Waals surface area (Å²) in [7, 11) is 0. The molecule has 0 radical (unpaired) electrons. The molecule has 2 atom stereocenters. The molecule has 1 aromatic heterocycles. The number of aromatic nitrogens is 1. The standard InChI is InChI=1S/C22H28N4O.2C2HF3O2/c27-21-20(26-15-13-25(14-16-26)19-7-3-4-10-24-19)17-5-1-2-6-18(17)22(21)8-11-23-12-9-22;2*3-2(4,5)1(6)7/h1-7,10,20-21,23,27H,8-9,11-16H2;2*(H,6,7)/t20-,21+;;/m1../s1. The first kappa shape index (κ1) is 32.1. The highest BCUT2D eigenvalue weighted by atomic mass is 19.4. The zero-order valence-corrected chi connectivity index (χ0v) is 21.7. The van der Waals surface area contributed by atoms with E-state index < -0.39 is 24.3 Å².